The van der Waals surface area contributed by atoms with Crippen LogP contribution in [-0.4, -0.2) is 32.1 Å². The van der Waals surface area contributed by atoms with Crippen LogP contribution in [-0.2, 0) is 0 Å². The maximum absolute atomic E-state index is 13.2. The molecule has 0 aliphatic rings. The Morgan fingerprint density at radius 1 is 1.00 bits per heavy atom. The van der Waals surface area contributed by atoms with E-state index in [0.717, 1.165) is 0 Å². The highest BCUT2D eigenvalue weighted by atomic mass is 35.5. The highest BCUT2D eigenvalue weighted by Crippen LogP contribution is 2.43. The summed E-state index contributed by atoms with van der Waals surface area (Å²) in [6.45, 7) is 5.40. The SMILES string of the molecule is COc1cc(C)c(C(=O)c2c(C)ncc(Cl)c2C)c(OC)c1OC. The molecule has 6 heteroatoms. The summed E-state index contributed by atoms with van der Waals surface area (Å²) in [4.78, 5) is 17.4. The van der Waals surface area contributed by atoms with Crippen LogP contribution < -0.4 is 14.2 Å². The van der Waals surface area contributed by atoms with Crippen molar-refractivity contribution in [2.75, 3.05) is 21.3 Å². The minimum absolute atomic E-state index is 0.213. The van der Waals surface area contributed by atoms with Crippen molar-refractivity contribution in [1.82, 2.24) is 4.98 Å². The van der Waals surface area contributed by atoms with Gasteiger partial charge in [0.2, 0.25) is 5.75 Å². The molecule has 0 fully saturated rings. The maximum Gasteiger partial charge on any atom is 0.204 e. The Morgan fingerprint density at radius 2 is 1.62 bits per heavy atom. The number of pyridine rings is 1. The molecule has 1 aromatic heterocycles. The van der Waals surface area contributed by atoms with Crippen LogP contribution in [0.1, 0.15) is 32.7 Å². The van der Waals surface area contributed by atoms with Gasteiger partial charge in [-0.05, 0) is 38.0 Å². The van der Waals surface area contributed by atoms with E-state index in [9.17, 15) is 4.79 Å². The number of hydrogen-bond acceptors (Lipinski definition) is 5. The summed E-state index contributed by atoms with van der Waals surface area (Å²) >= 11 is 6.15. The second-order valence-electron chi connectivity index (χ2n) is 5.36. The number of nitrogens with zero attached hydrogens (tertiary/aromatic N) is 1. The molecular weight excluding hydrogens is 330 g/mol. The molecule has 2 rings (SSSR count). The Balaban J connectivity index is 2.78. The Morgan fingerprint density at radius 3 is 2.17 bits per heavy atom. The first-order valence-corrected chi connectivity index (χ1v) is 7.71. The predicted molar refractivity (Wildman–Crippen MR) is 93.0 cm³/mol. The second kappa shape index (κ2) is 7.09. The lowest BCUT2D eigenvalue weighted by atomic mass is 9.93. The van der Waals surface area contributed by atoms with E-state index >= 15 is 0 Å². The van der Waals surface area contributed by atoms with Gasteiger partial charge in [-0.3, -0.25) is 9.78 Å². The number of hydrogen-bond donors (Lipinski definition) is 0. The van der Waals surface area contributed by atoms with Gasteiger partial charge < -0.3 is 14.2 Å². The summed E-state index contributed by atoms with van der Waals surface area (Å²) < 4.78 is 16.2. The van der Waals surface area contributed by atoms with E-state index < -0.39 is 0 Å². The number of ether oxygens (including phenoxy) is 3. The van der Waals surface area contributed by atoms with Crippen molar-refractivity contribution in [2.24, 2.45) is 0 Å². The molecule has 0 spiro atoms. The van der Waals surface area contributed by atoms with Crippen molar-refractivity contribution in [2.45, 2.75) is 20.8 Å². The van der Waals surface area contributed by atoms with Crippen LogP contribution >= 0.6 is 11.6 Å². The van der Waals surface area contributed by atoms with Gasteiger partial charge in [-0.25, -0.2) is 0 Å². The average molecular weight is 350 g/mol. The number of ketones is 1. The van der Waals surface area contributed by atoms with E-state index in [2.05, 4.69) is 4.98 Å². The van der Waals surface area contributed by atoms with Gasteiger partial charge in [0.15, 0.2) is 17.3 Å². The van der Waals surface area contributed by atoms with Crippen molar-refractivity contribution in [3.63, 3.8) is 0 Å². The molecule has 0 radical (unpaired) electrons. The van der Waals surface area contributed by atoms with Gasteiger partial charge in [0.05, 0.1) is 31.9 Å². The normalized spacial score (nSPS) is 10.5. The number of methoxy groups -OCH3 is 3. The highest BCUT2D eigenvalue weighted by molar-refractivity contribution is 6.32. The van der Waals surface area contributed by atoms with Gasteiger partial charge >= 0.3 is 0 Å². The molecule has 0 atom stereocenters. The molecule has 2 aromatic rings. The fourth-order valence-corrected chi connectivity index (χ4v) is 2.87. The van der Waals surface area contributed by atoms with Crippen LogP contribution in [0.2, 0.25) is 5.02 Å². The Hall–Kier alpha value is -2.27. The lowest BCUT2D eigenvalue weighted by molar-refractivity contribution is 0.103. The second-order valence-corrected chi connectivity index (χ2v) is 5.77. The Kier molecular flexibility index (Phi) is 5.34. The van der Waals surface area contributed by atoms with E-state index in [4.69, 9.17) is 25.8 Å². The molecular formula is C18H20ClNO4. The topological polar surface area (TPSA) is 57.7 Å². The molecule has 1 aromatic carbocycles. The molecule has 0 bridgehead atoms. The summed E-state index contributed by atoms with van der Waals surface area (Å²) in [5.41, 5.74) is 2.89. The number of aryl methyl sites for hydroxylation is 2. The molecule has 24 heavy (non-hydrogen) atoms. The molecule has 5 nitrogen and oxygen atoms in total. The number of aromatic nitrogens is 1. The lowest BCUT2D eigenvalue weighted by Crippen LogP contribution is -2.12. The monoisotopic (exact) mass is 349 g/mol. The molecule has 1 heterocycles. The zero-order chi connectivity index (χ0) is 18.0. The standard InChI is InChI=1S/C18H20ClNO4/c1-9-7-13(22-4)17(23-5)18(24-6)14(9)16(21)15-10(2)12(19)8-20-11(15)3/h7-8H,1-6H3. The molecule has 0 aliphatic carbocycles. The van der Waals surface area contributed by atoms with Gasteiger partial charge in [0, 0.05) is 17.5 Å². The van der Waals surface area contributed by atoms with E-state index in [1.807, 2.05) is 6.92 Å². The van der Waals surface area contributed by atoms with E-state index in [1.54, 1.807) is 26.1 Å². The Labute approximate surface area is 146 Å². The summed E-state index contributed by atoms with van der Waals surface area (Å²) in [6, 6.07) is 1.75. The molecule has 0 saturated carbocycles. The van der Waals surface area contributed by atoms with Crippen LogP contribution in [0.25, 0.3) is 0 Å². The van der Waals surface area contributed by atoms with Crippen LogP contribution in [0, 0.1) is 20.8 Å². The third-order valence-electron chi connectivity index (χ3n) is 3.95. The van der Waals surface area contributed by atoms with Gasteiger partial charge in [-0.15, -0.1) is 0 Å². The van der Waals surface area contributed by atoms with Crippen molar-refractivity contribution < 1.29 is 19.0 Å². The van der Waals surface area contributed by atoms with Gasteiger partial charge in [0.25, 0.3) is 0 Å². The largest absolute Gasteiger partial charge is 0.493 e. The highest BCUT2D eigenvalue weighted by Gasteiger charge is 2.27. The molecule has 0 N–H and O–H groups in total. The summed E-state index contributed by atoms with van der Waals surface area (Å²) in [7, 11) is 4.53. The zero-order valence-electron chi connectivity index (χ0n) is 14.6. The molecule has 0 amide bonds. The predicted octanol–water partition coefficient (Wildman–Crippen LogP) is 3.92. The molecule has 0 aliphatic heterocycles. The maximum atomic E-state index is 13.2. The van der Waals surface area contributed by atoms with E-state index in [-0.39, 0.29) is 5.78 Å². The van der Waals surface area contributed by atoms with Crippen molar-refractivity contribution >= 4 is 17.4 Å². The third-order valence-corrected chi connectivity index (χ3v) is 4.33. The summed E-state index contributed by atoms with van der Waals surface area (Å²) in [6.07, 6.45) is 1.54. The van der Waals surface area contributed by atoms with Crippen molar-refractivity contribution in [3.8, 4) is 17.2 Å². The first-order chi connectivity index (χ1) is 11.4. The van der Waals surface area contributed by atoms with Gasteiger partial charge in [0.1, 0.15) is 0 Å². The molecule has 0 unspecified atom stereocenters. The van der Waals surface area contributed by atoms with E-state index in [0.29, 0.717) is 50.2 Å². The number of carbonyl (C=O) groups is 1. The first kappa shape index (κ1) is 18.1. The van der Waals surface area contributed by atoms with Crippen LogP contribution in [0.15, 0.2) is 12.3 Å². The number of carbonyl (C=O) groups excluding carboxylic acids is 1. The van der Waals surface area contributed by atoms with Crippen molar-refractivity contribution in [3.05, 3.63) is 45.2 Å². The minimum Gasteiger partial charge on any atom is -0.493 e. The van der Waals surface area contributed by atoms with Gasteiger partial charge in [-0.2, -0.15) is 0 Å². The first-order valence-electron chi connectivity index (χ1n) is 7.33. The fraction of sp³-hybridized carbons (Fsp3) is 0.333. The quantitative estimate of drug-likeness (QED) is 0.766. The Bertz CT molecular complexity index is 802. The third kappa shape index (κ3) is 2.91. The fourth-order valence-electron chi connectivity index (χ4n) is 2.73. The van der Waals surface area contributed by atoms with E-state index in [1.165, 1.54) is 21.3 Å². The average Bonchev–Trinajstić information content (AvgIpc) is 2.56. The zero-order valence-corrected chi connectivity index (χ0v) is 15.4. The summed E-state index contributed by atoms with van der Waals surface area (Å²) in [5.74, 6) is 0.994. The number of benzene rings is 1. The summed E-state index contributed by atoms with van der Waals surface area (Å²) in [5, 5.41) is 0.445. The molecule has 128 valence electrons. The van der Waals surface area contributed by atoms with Crippen LogP contribution in [0.3, 0.4) is 0 Å². The lowest BCUT2D eigenvalue weighted by Gasteiger charge is -2.18. The van der Waals surface area contributed by atoms with Gasteiger partial charge in [-0.1, -0.05) is 11.6 Å². The number of rotatable bonds is 5. The van der Waals surface area contributed by atoms with Crippen LogP contribution in [0.4, 0.5) is 0 Å². The van der Waals surface area contributed by atoms with Crippen LogP contribution in [0.5, 0.6) is 17.2 Å². The molecule has 0 saturated heterocycles. The minimum atomic E-state index is -0.213. The number of halogens is 1. The smallest absolute Gasteiger partial charge is 0.204 e. The van der Waals surface area contributed by atoms with Crippen molar-refractivity contribution in [1.29, 1.82) is 0 Å².